The Bertz CT molecular complexity index is 600. The molecule has 2 rings (SSSR count). The maximum Gasteiger partial charge on any atom is 0.248 e. The van der Waals surface area contributed by atoms with E-state index in [2.05, 4.69) is 5.32 Å². The van der Waals surface area contributed by atoms with Gasteiger partial charge in [0.25, 0.3) is 0 Å². The first-order valence-corrected chi connectivity index (χ1v) is 6.05. The average molecular weight is 252 g/mol. The Hall–Kier alpha value is -2.55. The predicted molar refractivity (Wildman–Crippen MR) is 79.7 cm³/mol. The van der Waals surface area contributed by atoms with Crippen LogP contribution < -0.4 is 11.1 Å². The summed E-state index contributed by atoms with van der Waals surface area (Å²) in [5, 5.41) is 2.76. The Balaban J connectivity index is 1.99. The Morgan fingerprint density at radius 1 is 1.16 bits per heavy atom. The first-order valence-electron chi connectivity index (χ1n) is 6.05. The minimum Gasteiger partial charge on any atom is -0.399 e. The minimum absolute atomic E-state index is 0.175. The van der Waals surface area contributed by atoms with Crippen LogP contribution in [0.25, 0.3) is 6.08 Å². The zero-order valence-electron chi connectivity index (χ0n) is 10.8. The number of nitrogens with two attached hydrogens (primary N) is 1. The van der Waals surface area contributed by atoms with E-state index in [-0.39, 0.29) is 5.91 Å². The van der Waals surface area contributed by atoms with Crippen molar-refractivity contribution in [2.45, 2.75) is 6.92 Å². The van der Waals surface area contributed by atoms with Crippen LogP contribution in [0, 0.1) is 6.92 Å². The summed E-state index contributed by atoms with van der Waals surface area (Å²) in [5.41, 5.74) is 9.15. The number of benzene rings is 2. The molecule has 19 heavy (non-hydrogen) atoms. The summed E-state index contributed by atoms with van der Waals surface area (Å²) in [7, 11) is 0. The molecule has 0 atom stereocenters. The maximum atomic E-state index is 11.7. The highest BCUT2D eigenvalue weighted by atomic mass is 16.1. The number of hydrogen-bond acceptors (Lipinski definition) is 2. The number of carbonyl (C=O) groups excluding carboxylic acids is 1. The Kier molecular flexibility index (Phi) is 3.98. The van der Waals surface area contributed by atoms with Crippen molar-refractivity contribution in [3.63, 3.8) is 0 Å². The summed E-state index contributed by atoms with van der Waals surface area (Å²) in [4.78, 5) is 11.7. The van der Waals surface area contributed by atoms with Crippen molar-refractivity contribution in [1.82, 2.24) is 0 Å². The van der Waals surface area contributed by atoms with E-state index in [0.717, 1.165) is 5.56 Å². The fourth-order valence-corrected chi connectivity index (χ4v) is 1.65. The molecular formula is C16H16N2O. The van der Waals surface area contributed by atoms with Gasteiger partial charge in [-0.15, -0.1) is 0 Å². The maximum absolute atomic E-state index is 11.7. The van der Waals surface area contributed by atoms with E-state index >= 15 is 0 Å². The molecule has 0 unspecified atom stereocenters. The first kappa shape index (κ1) is 12.9. The topological polar surface area (TPSA) is 55.1 Å². The number of anilines is 2. The molecule has 0 radical (unpaired) electrons. The van der Waals surface area contributed by atoms with Crippen molar-refractivity contribution in [2.75, 3.05) is 11.1 Å². The van der Waals surface area contributed by atoms with Gasteiger partial charge in [0.15, 0.2) is 0 Å². The number of aryl methyl sites for hydroxylation is 1. The number of nitrogen functional groups attached to an aromatic ring is 1. The SMILES string of the molecule is Cc1ccc(C=CC(=O)Nc2cccc(N)c2)cc1. The predicted octanol–water partition coefficient (Wildman–Crippen LogP) is 3.23. The van der Waals surface area contributed by atoms with Crippen LogP contribution in [0.15, 0.2) is 54.6 Å². The molecular weight excluding hydrogens is 236 g/mol. The van der Waals surface area contributed by atoms with Gasteiger partial charge in [-0.2, -0.15) is 0 Å². The second-order valence-corrected chi connectivity index (χ2v) is 4.36. The van der Waals surface area contributed by atoms with Gasteiger partial charge in [-0.25, -0.2) is 0 Å². The van der Waals surface area contributed by atoms with Crippen LogP contribution in [0.2, 0.25) is 0 Å². The Morgan fingerprint density at radius 2 is 1.89 bits per heavy atom. The standard InChI is InChI=1S/C16H16N2O/c1-12-5-7-13(8-6-12)9-10-16(19)18-15-4-2-3-14(17)11-15/h2-11H,17H2,1H3,(H,18,19). The van der Waals surface area contributed by atoms with Crippen LogP contribution in [0.5, 0.6) is 0 Å². The van der Waals surface area contributed by atoms with Crippen LogP contribution in [0.3, 0.4) is 0 Å². The fourth-order valence-electron chi connectivity index (χ4n) is 1.65. The molecule has 1 amide bonds. The summed E-state index contributed by atoms with van der Waals surface area (Å²) in [6.45, 7) is 2.03. The van der Waals surface area contributed by atoms with Gasteiger partial charge in [0.05, 0.1) is 0 Å². The molecule has 0 saturated carbocycles. The van der Waals surface area contributed by atoms with Gasteiger partial charge in [-0.05, 0) is 36.8 Å². The molecule has 0 bridgehead atoms. The van der Waals surface area contributed by atoms with Crippen molar-refractivity contribution in [3.05, 3.63) is 65.7 Å². The van der Waals surface area contributed by atoms with E-state index in [0.29, 0.717) is 11.4 Å². The number of hydrogen-bond donors (Lipinski definition) is 2. The molecule has 3 nitrogen and oxygen atoms in total. The van der Waals surface area contributed by atoms with E-state index in [1.54, 1.807) is 30.3 Å². The third kappa shape index (κ3) is 4.00. The highest BCUT2D eigenvalue weighted by molar-refractivity contribution is 6.02. The van der Waals surface area contributed by atoms with Crippen LogP contribution >= 0.6 is 0 Å². The molecule has 0 aliphatic carbocycles. The Morgan fingerprint density at radius 3 is 2.58 bits per heavy atom. The zero-order valence-corrected chi connectivity index (χ0v) is 10.8. The van der Waals surface area contributed by atoms with E-state index in [1.807, 2.05) is 31.2 Å². The van der Waals surface area contributed by atoms with E-state index < -0.39 is 0 Å². The summed E-state index contributed by atoms with van der Waals surface area (Å²) >= 11 is 0. The average Bonchev–Trinajstić information content (AvgIpc) is 2.38. The van der Waals surface area contributed by atoms with E-state index in [4.69, 9.17) is 5.73 Å². The van der Waals surface area contributed by atoms with Crippen molar-refractivity contribution < 1.29 is 4.79 Å². The van der Waals surface area contributed by atoms with Crippen molar-refractivity contribution >= 4 is 23.4 Å². The van der Waals surface area contributed by atoms with E-state index in [1.165, 1.54) is 11.6 Å². The number of carbonyl (C=O) groups is 1. The third-order valence-corrected chi connectivity index (χ3v) is 2.66. The van der Waals surface area contributed by atoms with Crippen molar-refractivity contribution in [3.8, 4) is 0 Å². The molecule has 0 spiro atoms. The lowest BCUT2D eigenvalue weighted by molar-refractivity contribution is -0.111. The normalized spacial score (nSPS) is 10.6. The minimum atomic E-state index is -0.175. The molecule has 3 N–H and O–H groups in total. The lowest BCUT2D eigenvalue weighted by Gasteiger charge is -2.02. The zero-order chi connectivity index (χ0) is 13.7. The van der Waals surface area contributed by atoms with Gasteiger partial charge in [0, 0.05) is 17.5 Å². The Labute approximate surface area is 112 Å². The highest BCUT2D eigenvalue weighted by Crippen LogP contribution is 2.12. The summed E-state index contributed by atoms with van der Waals surface area (Å²) in [6, 6.07) is 15.1. The van der Waals surface area contributed by atoms with Crippen LogP contribution in [0.1, 0.15) is 11.1 Å². The number of nitrogens with one attached hydrogen (secondary N) is 1. The second kappa shape index (κ2) is 5.87. The van der Waals surface area contributed by atoms with Crippen molar-refractivity contribution in [1.29, 1.82) is 0 Å². The van der Waals surface area contributed by atoms with Crippen LogP contribution in [0.4, 0.5) is 11.4 Å². The molecule has 0 saturated heterocycles. The van der Waals surface area contributed by atoms with Gasteiger partial charge in [-0.1, -0.05) is 35.9 Å². The molecule has 0 aliphatic heterocycles. The van der Waals surface area contributed by atoms with Gasteiger partial charge < -0.3 is 11.1 Å². The lowest BCUT2D eigenvalue weighted by Crippen LogP contribution is -2.07. The van der Waals surface area contributed by atoms with Gasteiger partial charge >= 0.3 is 0 Å². The monoisotopic (exact) mass is 252 g/mol. The lowest BCUT2D eigenvalue weighted by atomic mass is 10.1. The summed E-state index contributed by atoms with van der Waals surface area (Å²) in [6.07, 6.45) is 3.29. The quantitative estimate of drug-likeness (QED) is 0.651. The van der Waals surface area contributed by atoms with Gasteiger partial charge in [-0.3, -0.25) is 4.79 Å². The largest absolute Gasteiger partial charge is 0.399 e. The van der Waals surface area contributed by atoms with E-state index in [9.17, 15) is 4.79 Å². The fraction of sp³-hybridized carbons (Fsp3) is 0.0625. The second-order valence-electron chi connectivity index (χ2n) is 4.36. The van der Waals surface area contributed by atoms with Gasteiger partial charge in [0.1, 0.15) is 0 Å². The first-order chi connectivity index (χ1) is 9.13. The van der Waals surface area contributed by atoms with Crippen molar-refractivity contribution in [2.24, 2.45) is 0 Å². The summed E-state index contributed by atoms with van der Waals surface area (Å²) in [5.74, 6) is -0.175. The molecule has 0 aliphatic rings. The molecule has 96 valence electrons. The molecule has 2 aromatic carbocycles. The molecule has 0 heterocycles. The number of amides is 1. The third-order valence-electron chi connectivity index (χ3n) is 2.66. The number of rotatable bonds is 3. The summed E-state index contributed by atoms with van der Waals surface area (Å²) < 4.78 is 0. The smallest absolute Gasteiger partial charge is 0.248 e. The van der Waals surface area contributed by atoms with Crippen LogP contribution in [-0.2, 0) is 4.79 Å². The molecule has 0 fully saturated rings. The highest BCUT2D eigenvalue weighted by Gasteiger charge is 1.97. The van der Waals surface area contributed by atoms with Crippen LogP contribution in [-0.4, -0.2) is 5.91 Å². The molecule has 3 heteroatoms. The molecule has 0 aromatic heterocycles. The molecule has 2 aromatic rings. The van der Waals surface area contributed by atoms with Gasteiger partial charge in [0.2, 0.25) is 5.91 Å².